The first-order valence-electron chi connectivity index (χ1n) is 10.5. The number of halogens is 4. The minimum Gasteiger partial charge on any atom is -0.457 e. The number of urea groups is 1. The number of nitrogens with one attached hydrogen (secondary N) is 2. The van der Waals surface area contributed by atoms with Crippen LogP contribution in [-0.2, 0) is 19.1 Å². The number of ether oxygens (including phenoxy) is 1. The molecule has 0 fully saturated rings. The molecule has 0 aliphatic carbocycles. The standard InChI is InChI=1S/C24H20ClF3N4O3.CH4/c1-29-22(33)21-12-18(6-8-30-21)35-17-4-2-14-7-9-32(13-15(14)10-17)23(34)31-16-3-5-20(25)19(11-16)24(26,27)28;/h2-6,8,10-12H,7,9,13H2,1H3,(H,29,33)(H,31,34);1H4. The van der Waals surface area contributed by atoms with Crippen molar-refractivity contribution in [2.75, 3.05) is 18.9 Å². The SMILES string of the molecule is C.CNC(=O)c1cc(Oc2ccc3c(c2)CN(C(=O)Nc2ccc(Cl)c(C(F)(F)F)c2)CC3)ccn1. The zero-order chi connectivity index (χ0) is 25.2. The van der Waals surface area contributed by atoms with Crippen LogP contribution >= 0.6 is 11.6 Å². The molecule has 1 aromatic heterocycles. The van der Waals surface area contributed by atoms with Crippen LogP contribution in [0.3, 0.4) is 0 Å². The number of anilines is 1. The van der Waals surface area contributed by atoms with Crippen LogP contribution in [0.15, 0.2) is 54.7 Å². The molecule has 0 bridgehead atoms. The summed E-state index contributed by atoms with van der Waals surface area (Å²) in [4.78, 5) is 30.0. The Morgan fingerprint density at radius 2 is 1.81 bits per heavy atom. The molecule has 2 aromatic carbocycles. The maximum Gasteiger partial charge on any atom is 0.417 e. The zero-order valence-electron chi connectivity index (χ0n) is 18.4. The molecule has 190 valence electrons. The molecule has 1 aliphatic rings. The maximum atomic E-state index is 13.1. The molecule has 0 saturated heterocycles. The number of carbonyl (C=O) groups excluding carboxylic acids is 2. The van der Waals surface area contributed by atoms with E-state index >= 15 is 0 Å². The molecule has 0 spiro atoms. The van der Waals surface area contributed by atoms with Gasteiger partial charge in [-0.15, -0.1) is 0 Å². The van der Waals surface area contributed by atoms with E-state index in [-0.39, 0.29) is 31.3 Å². The molecule has 2 N–H and O–H groups in total. The third-order valence-electron chi connectivity index (χ3n) is 5.43. The molecular formula is C25H24ClF3N4O3. The third kappa shape index (κ3) is 6.06. The Hall–Kier alpha value is -3.79. The minimum atomic E-state index is -4.63. The first-order chi connectivity index (χ1) is 16.6. The van der Waals surface area contributed by atoms with E-state index in [1.807, 2.05) is 6.07 Å². The van der Waals surface area contributed by atoms with Crippen molar-refractivity contribution in [2.24, 2.45) is 0 Å². The van der Waals surface area contributed by atoms with Gasteiger partial charge in [-0.05, 0) is 53.9 Å². The van der Waals surface area contributed by atoms with Crippen LogP contribution in [0.4, 0.5) is 23.7 Å². The Morgan fingerprint density at radius 3 is 2.53 bits per heavy atom. The normalized spacial score (nSPS) is 12.8. The second-order valence-corrected chi connectivity index (χ2v) is 8.19. The predicted molar refractivity (Wildman–Crippen MR) is 130 cm³/mol. The van der Waals surface area contributed by atoms with E-state index in [9.17, 15) is 22.8 Å². The lowest BCUT2D eigenvalue weighted by Crippen LogP contribution is -2.38. The van der Waals surface area contributed by atoms with Crippen LogP contribution in [0.2, 0.25) is 5.02 Å². The summed E-state index contributed by atoms with van der Waals surface area (Å²) in [5.41, 5.74) is 1.07. The first-order valence-corrected chi connectivity index (χ1v) is 10.9. The van der Waals surface area contributed by atoms with Gasteiger partial charge in [0.1, 0.15) is 17.2 Å². The number of fused-ring (bicyclic) bond motifs is 1. The molecule has 0 saturated carbocycles. The number of hydrogen-bond donors (Lipinski definition) is 2. The van der Waals surface area contributed by atoms with Gasteiger partial charge in [0, 0.05) is 38.1 Å². The van der Waals surface area contributed by atoms with E-state index in [1.165, 1.54) is 30.3 Å². The van der Waals surface area contributed by atoms with E-state index in [0.29, 0.717) is 24.5 Å². The van der Waals surface area contributed by atoms with Crippen LogP contribution in [0.5, 0.6) is 11.5 Å². The number of benzene rings is 2. The smallest absolute Gasteiger partial charge is 0.417 e. The molecule has 7 nitrogen and oxygen atoms in total. The fourth-order valence-electron chi connectivity index (χ4n) is 3.66. The van der Waals surface area contributed by atoms with Gasteiger partial charge < -0.3 is 20.3 Å². The fraction of sp³-hybridized carbons (Fsp3) is 0.240. The van der Waals surface area contributed by atoms with Gasteiger partial charge in [0.2, 0.25) is 0 Å². The Balaban J connectivity index is 0.00000361. The second kappa shape index (κ2) is 10.9. The van der Waals surface area contributed by atoms with Crippen molar-refractivity contribution in [3.05, 3.63) is 82.1 Å². The largest absolute Gasteiger partial charge is 0.457 e. The van der Waals surface area contributed by atoms with Crippen LogP contribution in [0.25, 0.3) is 0 Å². The molecule has 0 unspecified atom stereocenters. The van der Waals surface area contributed by atoms with Crippen molar-refractivity contribution in [1.82, 2.24) is 15.2 Å². The Kier molecular flexibility index (Phi) is 8.09. The molecular weight excluding hydrogens is 497 g/mol. The summed E-state index contributed by atoms with van der Waals surface area (Å²) < 4.78 is 45.2. The molecule has 1 aliphatic heterocycles. The third-order valence-corrected chi connectivity index (χ3v) is 5.76. The lowest BCUT2D eigenvalue weighted by Gasteiger charge is -2.29. The van der Waals surface area contributed by atoms with Crippen molar-refractivity contribution < 1.29 is 27.5 Å². The first kappa shape index (κ1) is 26.8. The number of alkyl halides is 3. The Labute approximate surface area is 211 Å². The number of aromatic nitrogens is 1. The number of nitrogens with zero attached hydrogens (tertiary/aromatic N) is 2. The van der Waals surface area contributed by atoms with Gasteiger partial charge >= 0.3 is 12.2 Å². The molecule has 3 amide bonds. The topological polar surface area (TPSA) is 83.6 Å². The summed E-state index contributed by atoms with van der Waals surface area (Å²) >= 11 is 5.65. The quantitative estimate of drug-likeness (QED) is 0.433. The van der Waals surface area contributed by atoms with Crippen molar-refractivity contribution in [2.45, 2.75) is 26.6 Å². The molecule has 0 atom stereocenters. The van der Waals surface area contributed by atoms with Crippen LogP contribution in [-0.4, -0.2) is 35.4 Å². The van der Waals surface area contributed by atoms with Gasteiger partial charge in [0.15, 0.2) is 0 Å². The fourth-order valence-corrected chi connectivity index (χ4v) is 3.88. The highest BCUT2D eigenvalue weighted by Crippen LogP contribution is 2.36. The number of hydrogen-bond acceptors (Lipinski definition) is 4. The van der Waals surface area contributed by atoms with Gasteiger partial charge in [-0.2, -0.15) is 13.2 Å². The van der Waals surface area contributed by atoms with Gasteiger partial charge in [0.05, 0.1) is 10.6 Å². The van der Waals surface area contributed by atoms with Crippen molar-refractivity contribution in [3.8, 4) is 11.5 Å². The van der Waals surface area contributed by atoms with Gasteiger partial charge in [-0.25, -0.2) is 4.79 Å². The van der Waals surface area contributed by atoms with Crippen molar-refractivity contribution >= 4 is 29.2 Å². The average Bonchev–Trinajstić information content (AvgIpc) is 2.83. The molecule has 2 heterocycles. The highest BCUT2D eigenvalue weighted by atomic mass is 35.5. The van der Waals surface area contributed by atoms with E-state index in [2.05, 4.69) is 15.6 Å². The lowest BCUT2D eigenvalue weighted by atomic mass is 10.00. The average molecular weight is 521 g/mol. The summed E-state index contributed by atoms with van der Waals surface area (Å²) in [5, 5.41) is 4.57. The molecule has 3 aromatic rings. The monoisotopic (exact) mass is 520 g/mol. The van der Waals surface area contributed by atoms with Crippen LogP contribution in [0, 0.1) is 0 Å². The predicted octanol–water partition coefficient (Wildman–Crippen LogP) is 6.13. The van der Waals surface area contributed by atoms with E-state index in [1.54, 1.807) is 18.2 Å². The van der Waals surface area contributed by atoms with E-state index in [4.69, 9.17) is 16.3 Å². The van der Waals surface area contributed by atoms with Gasteiger partial charge in [-0.1, -0.05) is 25.1 Å². The summed E-state index contributed by atoms with van der Waals surface area (Å²) in [6.07, 6.45) is -2.59. The van der Waals surface area contributed by atoms with Crippen LogP contribution in [0.1, 0.15) is 34.6 Å². The zero-order valence-corrected chi connectivity index (χ0v) is 19.2. The van der Waals surface area contributed by atoms with Crippen LogP contribution < -0.4 is 15.4 Å². The molecule has 36 heavy (non-hydrogen) atoms. The summed E-state index contributed by atoms with van der Waals surface area (Å²) in [7, 11) is 1.51. The number of pyridine rings is 1. The lowest BCUT2D eigenvalue weighted by molar-refractivity contribution is -0.137. The summed E-state index contributed by atoms with van der Waals surface area (Å²) in [6.45, 7) is 0.649. The van der Waals surface area contributed by atoms with Crippen molar-refractivity contribution in [3.63, 3.8) is 0 Å². The minimum absolute atomic E-state index is 0. The van der Waals surface area contributed by atoms with E-state index < -0.39 is 22.8 Å². The number of rotatable bonds is 4. The molecule has 0 radical (unpaired) electrons. The van der Waals surface area contributed by atoms with Gasteiger partial charge in [-0.3, -0.25) is 9.78 Å². The van der Waals surface area contributed by atoms with Gasteiger partial charge in [0.25, 0.3) is 5.91 Å². The molecule has 4 rings (SSSR count). The number of amides is 3. The second-order valence-electron chi connectivity index (χ2n) is 7.78. The number of carbonyl (C=O) groups is 2. The Morgan fingerprint density at radius 1 is 1.06 bits per heavy atom. The Bertz CT molecular complexity index is 1280. The molecule has 11 heteroatoms. The summed E-state index contributed by atoms with van der Waals surface area (Å²) in [6, 6.07) is 11.3. The maximum absolute atomic E-state index is 13.1. The highest BCUT2D eigenvalue weighted by Gasteiger charge is 2.33. The van der Waals surface area contributed by atoms with E-state index in [0.717, 1.165) is 23.3 Å². The summed E-state index contributed by atoms with van der Waals surface area (Å²) in [5.74, 6) is 0.588. The highest BCUT2D eigenvalue weighted by molar-refractivity contribution is 6.31. The van der Waals surface area contributed by atoms with Crippen molar-refractivity contribution in [1.29, 1.82) is 0 Å².